The Balaban J connectivity index is 1.05. The van der Waals surface area contributed by atoms with E-state index in [4.69, 9.17) is 25.8 Å². The number of non-ortho nitro benzene ring substituents is 1. The number of allylic oxidation sites excluding steroid dienone is 2. The fourth-order valence-corrected chi connectivity index (χ4v) is 10.8. The SMILES string of the molecule is C/C=C/c1ccc(C(OC)=C2C3CC4CC(C3)CC2C4)c(Cl)c1OCc1ccc(C2=C(C(=O)OCc3ccc([N+](=O)[O-])cc3)N3C(=O)[C@H]([C@@H](C)O)[C@H]3[C@H]2C)cc1. The minimum Gasteiger partial charge on any atom is -0.496 e. The van der Waals surface area contributed by atoms with Crippen molar-refractivity contribution in [3.8, 4) is 5.75 Å². The number of amides is 1. The number of nitro benzene ring substituents is 1. The van der Waals surface area contributed by atoms with Gasteiger partial charge in [0.2, 0.25) is 5.91 Å². The highest BCUT2D eigenvalue weighted by Crippen LogP contribution is 2.58. The molecule has 5 fully saturated rings. The zero-order valence-electron chi connectivity index (χ0n) is 32.1. The zero-order chi connectivity index (χ0) is 39.4. The molecule has 0 spiro atoms. The Morgan fingerprint density at radius 3 is 2.20 bits per heavy atom. The Morgan fingerprint density at radius 2 is 1.61 bits per heavy atom. The maximum Gasteiger partial charge on any atom is 0.355 e. The first kappa shape index (κ1) is 38.0. The molecule has 0 radical (unpaired) electrons. The lowest BCUT2D eigenvalue weighted by Gasteiger charge is -2.51. The zero-order valence-corrected chi connectivity index (χ0v) is 32.8. The van der Waals surface area contributed by atoms with Crippen LogP contribution >= 0.6 is 11.6 Å². The summed E-state index contributed by atoms with van der Waals surface area (Å²) in [6, 6.07) is 17.1. The number of aliphatic hydroxyl groups is 1. The van der Waals surface area contributed by atoms with Crippen molar-refractivity contribution < 1.29 is 33.8 Å². The highest BCUT2D eigenvalue weighted by molar-refractivity contribution is 6.34. The first-order chi connectivity index (χ1) is 27.0. The van der Waals surface area contributed by atoms with Gasteiger partial charge in [0.1, 0.15) is 30.4 Å². The summed E-state index contributed by atoms with van der Waals surface area (Å²) in [5.74, 6) is 2.33. The summed E-state index contributed by atoms with van der Waals surface area (Å²) in [6.07, 6.45) is 9.38. The fraction of sp³-hybridized carbons (Fsp3) is 0.422. The van der Waals surface area contributed by atoms with Crippen molar-refractivity contribution in [1.29, 1.82) is 0 Å². The molecule has 3 aromatic rings. The number of ether oxygens (including phenoxy) is 3. The second-order valence-corrected chi connectivity index (χ2v) is 16.5. The highest BCUT2D eigenvalue weighted by atomic mass is 35.5. The van der Waals surface area contributed by atoms with Crippen LogP contribution in [-0.4, -0.2) is 46.1 Å². The molecule has 10 nitrogen and oxygen atoms in total. The van der Waals surface area contributed by atoms with Gasteiger partial charge in [-0.3, -0.25) is 14.9 Å². The van der Waals surface area contributed by atoms with Gasteiger partial charge in [-0.05, 0) is 116 Å². The molecule has 9 rings (SSSR count). The lowest BCUT2D eigenvalue weighted by molar-refractivity contribution is -0.384. The smallest absolute Gasteiger partial charge is 0.355 e. The number of hydrogen-bond acceptors (Lipinski definition) is 8. The number of hydrogen-bond donors (Lipinski definition) is 1. The van der Waals surface area contributed by atoms with Crippen LogP contribution in [0.25, 0.3) is 17.4 Å². The van der Waals surface area contributed by atoms with Crippen molar-refractivity contribution in [2.24, 2.45) is 35.5 Å². The van der Waals surface area contributed by atoms with Gasteiger partial charge in [-0.1, -0.05) is 61.0 Å². The molecule has 0 aromatic heterocycles. The van der Waals surface area contributed by atoms with E-state index in [-0.39, 0.29) is 36.4 Å². The molecule has 4 aliphatic carbocycles. The van der Waals surface area contributed by atoms with Crippen LogP contribution in [-0.2, 0) is 32.3 Å². The van der Waals surface area contributed by atoms with Crippen LogP contribution in [0.2, 0.25) is 5.02 Å². The molecule has 292 valence electrons. The molecular weight excluding hydrogens is 732 g/mol. The summed E-state index contributed by atoms with van der Waals surface area (Å²) >= 11 is 7.24. The molecular formula is C45H47ClN2O8. The first-order valence-electron chi connectivity index (χ1n) is 19.6. The van der Waals surface area contributed by atoms with Gasteiger partial charge in [0, 0.05) is 29.2 Å². The number of β-lactam (4-membered cyclic amide) rings is 1. The minimum atomic E-state index is -0.885. The minimum absolute atomic E-state index is 0.0676. The number of rotatable bonds is 12. The molecule has 1 N–H and O–H groups in total. The van der Waals surface area contributed by atoms with Crippen molar-refractivity contribution in [3.63, 3.8) is 0 Å². The molecule has 2 aliphatic heterocycles. The van der Waals surface area contributed by atoms with Gasteiger partial charge in [-0.15, -0.1) is 0 Å². The molecule has 4 bridgehead atoms. The number of halogens is 1. The quantitative estimate of drug-likeness (QED) is 0.0635. The second kappa shape index (κ2) is 15.2. The average molecular weight is 779 g/mol. The van der Waals surface area contributed by atoms with Crippen LogP contribution in [0, 0.1) is 45.6 Å². The van der Waals surface area contributed by atoms with E-state index in [2.05, 4.69) is 6.07 Å². The van der Waals surface area contributed by atoms with Gasteiger partial charge in [0.15, 0.2) is 0 Å². The molecule has 11 heteroatoms. The number of nitro groups is 1. The van der Waals surface area contributed by atoms with Crippen LogP contribution in [0.15, 0.2) is 78.0 Å². The van der Waals surface area contributed by atoms with Crippen molar-refractivity contribution in [2.75, 3.05) is 7.11 Å². The molecule has 3 aromatic carbocycles. The van der Waals surface area contributed by atoms with Crippen LogP contribution in [0.4, 0.5) is 5.69 Å². The summed E-state index contributed by atoms with van der Waals surface area (Å²) in [5.41, 5.74) is 6.09. The topological polar surface area (TPSA) is 128 Å². The van der Waals surface area contributed by atoms with E-state index in [1.165, 1.54) is 66.8 Å². The molecule has 2 heterocycles. The summed E-state index contributed by atoms with van der Waals surface area (Å²) in [7, 11) is 1.75. The third-order valence-electron chi connectivity index (χ3n) is 12.7. The van der Waals surface area contributed by atoms with E-state index in [1.807, 2.05) is 56.3 Å². The van der Waals surface area contributed by atoms with E-state index >= 15 is 0 Å². The van der Waals surface area contributed by atoms with Crippen molar-refractivity contribution in [3.05, 3.63) is 121 Å². The summed E-state index contributed by atoms with van der Waals surface area (Å²) in [6.45, 7) is 5.60. The Hall–Kier alpha value is -4.93. The maximum atomic E-state index is 13.8. The highest BCUT2D eigenvalue weighted by Gasteiger charge is 2.60. The van der Waals surface area contributed by atoms with E-state index in [1.54, 1.807) is 14.0 Å². The molecule has 4 atom stereocenters. The van der Waals surface area contributed by atoms with Crippen molar-refractivity contribution in [1.82, 2.24) is 4.90 Å². The third kappa shape index (κ3) is 6.60. The maximum absolute atomic E-state index is 13.8. The van der Waals surface area contributed by atoms with E-state index in [9.17, 15) is 24.8 Å². The van der Waals surface area contributed by atoms with Gasteiger partial charge >= 0.3 is 5.97 Å². The number of fused-ring (bicyclic) bond motifs is 1. The molecule has 1 amide bonds. The summed E-state index contributed by atoms with van der Waals surface area (Å²) < 4.78 is 18.4. The number of nitrogens with zero attached hydrogens (tertiary/aromatic N) is 2. The summed E-state index contributed by atoms with van der Waals surface area (Å²) in [5, 5.41) is 22.1. The Kier molecular flexibility index (Phi) is 10.3. The monoisotopic (exact) mass is 778 g/mol. The van der Waals surface area contributed by atoms with Gasteiger partial charge in [-0.2, -0.15) is 0 Å². The molecule has 1 saturated heterocycles. The molecule has 4 saturated carbocycles. The Labute approximate surface area is 331 Å². The molecule has 6 aliphatic rings. The van der Waals surface area contributed by atoms with Crippen LogP contribution in [0.1, 0.15) is 80.7 Å². The molecule has 0 unspecified atom stereocenters. The number of methoxy groups -OCH3 is 1. The number of aliphatic hydroxyl groups excluding tert-OH is 1. The number of carbonyl (C=O) groups is 2. The third-order valence-corrected chi connectivity index (χ3v) is 13.1. The van der Waals surface area contributed by atoms with Crippen LogP contribution in [0.3, 0.4) is 0 Å². The van der Waals surface area contributed by atoms with Gasteiger partial charge < -0.3 is 24.2 Å². The Morgan fingerprint density at radius 1 is 0.982 bits per heavy atom. The van der Waals surface area contributed by atoms with Crippen molar-refractivity contribution in [2.45, 2.75) is 78.2 Å². The van der Waals surface area contributed by atoms with E-state index in [0.29, 0.717) is 33.7 Å². The normalized spacial score (nSPS) is 26.7. The van der Waals surface area contributed by atoms with Gasteiger partial charge in [0.05, 0.1) is 35.1 Å². The lowest BCUT2D eigenvalue weighted by atomic mass is 9.54. The van der Waals surface area contributed by atoms with E-state index in [0.717, 1.165) is 39.8 Å². The predicted octanol–water partition coefficient (Wildman–Crippen LogP) is 8.99. The van der Waals surface area contributed by atoms with E-state index < -0.39 is 29.0 Å². The van der Waals surface area contributed by atoms with Crippen LogP contribution < -0.4 is 4.74 Å². The lowest BCUT2D eigenvalue weighted by Crippen LogP contribution is -2.63. The van der Waals surface area contributed by atoms with Gasteiger partial charge in [0.25, 0.3) is 5.69 Å². The summed E-state index contributed by atoms with van der Waals surface area (Å²) in [4.78, 5) is 39.1. The standard InChI is InChI=1S/C45H47ClN2O8/c1-5-6-31-13-16-35(43(54-4)38-32-18-28-17-29(20-32)21-33(38)19-28)39(46)42(31)55-22-26-7-11-30(12-8-26)36-24(2)40-37(25(3)49)44(50)47(40)41(36)45(51)56-23-27-9-14-34(15-10-27)48(52)53/h5-16,24-25,28-29,32-33,37,40,49H,17-23H2,1-4H3/b6-5+,43-38?/t24-,25+,28?,29?,32?,33?,37+,40+/m0/s1. The largest absolute Gasteiger partial charge is 0.496 e. The number of carbonyl (C=O) groups excluding carboxylic acids is 2. The van der Waals surface area contributed by atoms with Gasteiger partial charge in [-0.25, -0.2) is 4.79 Å². The van der Waals surface area contributed by atoms with Crippen LogP contribution in [0.5, 0.6) is 5.75 Å². The number of benzene rings is 3. The second-order valence-electron chi connectivity index (χ2n) is 16.1. The van der Waals surface area contributed by atoms with Crippen molar-refractivity contribution >= 4 is 46.6 Å². The Bertz CT molecular complexity index is 2120. The fourth-order valence-electron chi connectivity index (χ4n) is 10.5. The first-order valence-corrected chi connectivity index (χ1v) is 20.0. The predicted molar refractivity (Wildman–Crippen MR) is 213 cm³/mol. The number of esters is 1. The average Bonchev–Trinajstić information content (AvgIpc) is 3.43. The molecule has 56 heavy (non-hydrogen) atoms.